The Morgan fingerprint density at radius 1 is 0.958 bits per heavy atom. The number of carbonyl (C=O) groups is 1. The Balaban J connectivity index is 2.08. The molecule has 5 heteroatoms. The SMILES string of the molecule is COCOCCCN(C)C(=O)N(c1ccccc1)c1ccccc1. The van der Waals surface area contributed by atoms with Gasteiger partial charge in [0.05, 0.1) is 18.0 Å². The molecule has 0 saturated heterocycles. The van der Waals surface area contributed by atoms with Crippen LogP contribution in [0.3, 0.4) is 0 Å². The summed E-state index contributed by atoms with van der Waals surface area (Å²) >= 11 is 0. The normalized spacial score (nSPS) is 10.4. The van der Waals surface area contributed by atoms with E-state index in [2.05, 4.69) is 0 Å². The number of hydrogen-bond acceptors (Lipinski definition) is 3. The Kier molecular flexibility index (Phi) is 7.26. The number of carbonyl (C=O) groups excluding carboxylic acids is 1. The highest BCUT2D eigenvalue weighted by molar-refractivity contribution is 5.99. The maximum Gasteiger partial charge on any atom is 0.328 e. The fourth-order valence-corrected chi connectivity index (χ4v) is 2.34. The van der Waals surface area contributed by atoms with E-state index in [0.717, 1.165) is 17.8 Å². The Hall–Kier alpha value is -2.37. The van der Waals surface area contributed by atoms with Gasteiger partial charge in [-0.15, -0.1) is 0 Å². The van der Waals surface area contributed by atoms with Crippen molar-refractivity contribution in [1.29, 1.82) is 0 Å². The summed E-state index contributed by atoms with van der Waals surface area (Å²) < 4.78 is 10.1. The van der Waals surface area contributed by atoms with Gasteiger partial charge < -0.3 is 14.4 Å². The van der Waals surface area contributed by atoms with Crippen molar-refractivity contribution in [1.82, 2.24) is 4.90 Å². The van der Waals surface area contributed by atoms with Gasteiger partial charge in [0.25, 0.3) is 0 Å². The molecule has 2 amide bonds. The van der Waals surface area contributed by atoms with Crippen molar-refractivity contribution in [2.45, 2.75) is 6.42 Å². The number of amides is 2. The fourth-order valence-electron chi connectivity index (χ4n) is 2.34. The van der Waals surface area contributed by atoms with Crippen molar-refractivity contribution in [3.8, 4) is 0 Å². The molecular formula is C19H24N2O3. The number of urea groups is 1. The standard InChI is InChI=1S/C19H24N2O3/c1-20(14-9-15-24-16-23-2)19(22)21(17-10-5-3-6-11-17)18-12-7-4-8-13-18/h3-8,10-13H,9,14-16H2,1-2H3. The molecule has 0 bridgehead atoms. The number of methoxy groups -OCH3 is 1. The Morgan fingerprint density at radius 2 is 1.50 bits per heavy atom. The minimum Gasteiger partial charge on any atom is -0.359 e. The van der Waals surface area contributed by atoms with Gasteiger partial charge in [0.15, 0.2) is 0 Å². The summed E-state index contributed by atoms with van der Waals surface area (Å²) in [6.07, 6.45) is 0.753. The second kappa shape index (κ2) is 9.70. The minimum absolute atomic E-state index is 0.0702. The van der Waals surface area contributed by atoms with E-state index in [-0.39, 0.29) is 12.8 Å². The van der Waals surface area contributed by atoms with Crippen molar-refractivity contribution in [2.24, 2.45) is 0 Å². The molecule has 2 aromatic carbocycles. The molecule has 128 valence electrons. The molecule has 0 aromatic heterocycles. The lowest BCUT2D eigenvalue weighted by Crippen LogP contribution is -2.39. The van der Waals surface area contributed by atoms with Gasteiger partial charge in [0, 0.05) is 20.7 Å². The van der Waals surface area contributed by atoms with Crippen LogP contribution in [0, 0.1) is 0 Å². The average Bonchev–Trinajstić information content (AvgIpc) is 2.63. The molecule has 0 saturated carbocycles. The third-order valence-electron chi connectivity index (χ3n) is 3.53. The summed E-state index contributed by atoms with van der Waals surface area (Å²) in [5.41, 5.74) is 1.69. The largest absolute Gasteiger partial charge is 0.359 e. The van der Waals surface area contributed by atoms with Crippen LogP contribution in [0.15, 0.2) is 60.7 Å². The molecule has 0 atom stereocenters. The monoisotopic (exact) mass is 328 g/mol. The van der Waals surface area contributed by atoms with E-state index >= 15 is 0 Å². The van der Waals surface area contributed by atoms with E-state index < -0.39 is 0 Å². The van der Waals surface area contributed by atoms with Gasteiger partial charge in [-0.1, -0.05) is 36.4 Å². The summed E-state index contributed by atoms with van der Waals surface area (Å²) in [6.45, 7) is 1.44. The summed E-state index contributed by atoms with van der Waals surface area (Å²) in [4.78, 5) is 16.4. The van der Waals surface area contributed by atoms with Gasteiger partial charge in [-0.05, 0) is 30.7 Å². The molecule has 0 spiro atoms. The van der Waals surface area contributed by atoms with Crippen LogP contribution in [0.4, 0.5) is 16.2 Å². The highest BCUT2D eigenvalue weighted by Crippen LogP contribution is 2.26. The predicted molar refractivity (Wildman–Crippen MR) is 95.5 cm³/mol. The van der Waals surface area contributed by atoms with E-state index in [1.165, 1.54) is 0 Å². The zero-order valence-corrected chi connectivity index (χ0v) is 14.2. The van der Waals surface area contributed by atoms with Crippen LogP contribution >= 0.6 is 0 Å². The molecular weight excluding hydrogens is 304 g/mol. The zero-order valence-electron chi connectivity index (χ0n) is 14.2. The van der Waals surface area contributed by atoms with E-state index in [9.17, 15) is 4.79 Å². The van der Waals surface area contributed by atoms with Crippen molar-refractivity contribution in [3.05, 3.63) is 60.7 Å². The molecule has 0 aliphatic heterocycles. The number of anilines is 2. The molecule has 0 fully saturated rings. The molecule has 24 heavy (non-hydrogen) atoms. The van der Waals surface area contributed by atoms with Crippen LogP contribution in [0.5, 0.6) is 0 Å². The number of benzene rings is 2. The highest BCUT2D eigenvalue weighted by Gasteiger charge is 2.21. The predicted octanol–water partition coefficient (Wildman–Crippen LogP) is 3.89. The van der Waals surface area contributed by atoms with E-state index in [1.54, 1.807) is 24.0 Å². The minimum atomic E-state index is -0.0702. The van der Waals surface area contributed by atoms with Crippen LogP contribution in [0.2, 0.25) is 0 Å². The van der Waals surface area contributed by atoms with Gasteiger partial charge in [-0.3, -0.25) is 4.90 Å². The third kappa shape index (κ3) is 5.08. The molecule has 2 rings (SSSR count). The van der Waals surface area contributed by atoms with Crippen molar-refractivity contribution in [2.75, 3.05) is 39.0 Å². The summed E-state index contributed by atoms with van der Waals surface area (Å²) in [5, 5.41) is 0. The Morgan fingerprint density at radius 3 is 2.00 bits per heavy atom. The number of para-hydroxylation sites is 2. The van der Waals surface area contributed by atoms with E-state index in [0.29, 0.717) is 13.2 Å². The lowest BCUT2D eigenvalue weighted by atomic mass is 10.2. The fraction of sp³-hybridized carbons (Fsp3) is 0.316. The van der Waals surface area contributed by atoms with Crippen LogP contribution in [0.25, 0.3) is 0 Å². The smallest absolute Gasteiger partial charge is 0.328 e. The topological polar surface area (TPSA) is 42.0 Å². The highest BCUT2D eigenvalue weighted by atomic mass is 16.7. The number of nitrogens with zero attached hydrogens (tertiary/aromatic N) is 2. The Bertz CT molecular complexity index is 565. The quantitative estimate of drug-likeness (QED) is 0.545. The van der Waals surface area contributed by atoms with Gasteiger partial charge in [-0.2, -0.15) is 0 Å². The first-order valence-electron chi connectivity index (χ1n) is 7.96. The van der Waals surface area contributed by atoms with Crippen LogP contribution in [0.1, 0.15) is 6.42 Å². The lowest BCUT2D eigenvalue weighted by Gasteiger charge is -2.28. The second-order valence-corrected chi connectivity index (χ2v) is 5.38. The molecule has 0 N–H and O–H groups in total. The lowest BCUT2D eigenvalue weighted by molar-refractivity contribution is -0.0319. The molecule has 5 nitrogen and oxygen atoms in total. The Labute approximate surface area is 143 Å². The van der Waals surface area contributed by atoms with Crippen molar-refractivity contribution >= 4 is 17.4 Å². The van der Waals surface area contributed by atoms with Gasteiger partial charge in [0.1, 0.15) is 6.79 Å². The van der Waals surface area contributed by atoms with Gasteiger partial charge in [-0.25, -0.2) is 4.79 Å². The van der Waals surface area contributed by atoms with Crippen LogP contribution < -0.4 is 4.90 Å². The first kappa shape index (κ1) is 18.0. The van der Waals surface area contributed by atoms with Crippen molar-refractivity contribution in [3.63, 3.8) is 0 Å². The zero-order chi connectivity index (χ0) is 17.2. The number of hydrogen-bond donors (Lipinski definition) is 0. The second-order valence-electron chi connectivity index (χ2n) is 5.38. The molecule has 0 unspecified atom stereocenters. The van der Waals surface area contributed by atoms with Crippen LogP contribution in [-0.2, 0) is 9.47 Å². The molecule has 2 aromatic rings. The van der Waals surface area contributed by atoms with E-state index in [4.69, 9.17) is 9.47 Å². The number of ether oxygens (including phenoxy) is 2. The van der Waals surface area contributed by atoms with Crippen LogP contribution in [-0.4, -0.2) is 45.0 Å². The maximum atomic E-state index is 13.0. The number of rotatable bonds is 8. The van der Waals surface area contributed by atoms with Gasteiger partial charge >= 0.3 is 6.03 Å². The first-order chi connectivity index (χ1) is 11.7. The molecule has 0 radical (unpaired) electrons. The summed E-state index contributed by atoms with van der Waals surface area (Å²) in [6, 6.07) is 19.2. The summed E-state index contributed by atoms with van der Waals surface area (Å²) in [5.74, 6) is 0. The van der Waals surface area contributed by atoms with E-state index in [1.807, 2.05) is 60.7 Å². The van der Waals surface area contributed by atoms with Gasteiger partial charge in [0.2, 0.25) is 0 Å². The van der Waals surface area contributed by atoms with Crippen molar-refractivity contribution < 1.29 is 14.3 Å². The average molecular weight is 328 g/mol. The molecule has 0 aliphatic carbocycles. The first-order valence-corrected chi connectivity index (χ1v) is 7.96. The third-order valence-corrected chi connectivity index (χ3v) is 3.53. The molecule has 0 heterocycles. The molecule has 0 aliphatic rings. The summed E-state index contributed by atoms with van der Waals surface area (Å²) in [7, 11) is 3.39. The maximum absolute atomic E-state index is 13.0.